The van der Waals surface area contributed by atoms with E-state index in [1.807, 2.05) is 6.07 Å². The summed E-state index contributed by atoms with van der Waals surface area (Å²) in [6.45, 7) is 2.10. The van der Waals surface area contributed by atoms with Crippen LogP contribution in [0.5, 0.6) is 0 Å². The van der Waals surface area contributed by atoms with E-state index < -0.39 is 0 Å². The van der Waals surface area contributed by atoms with Crippen molar-refractivity contribution in [2.24, 2.45) is 0 Å². The minimum atomic E-state index is -0.156. The molecular formula is C12H15NO. The van der Waals surface area contributed by atoms with Crippen molar-refractivity contribution in [1.82, 2.24) is 5.32 Å². The number of nitrogens with one attached hydrogen (secondary N) is 1. The van der Waals surface area contributed by atoms with Gasteiger partial charge in [0, 0.05) is 0 Å². The minimum absolute atomic E-state index is 0.156. The molecule has 0 aromatic heterocycles. The highest BCUT2D eigenvalue weighted by Crippen LogP contribution is 2.34. The van der Waals surface area contributed by atoms with E-state index in [-0.39, 0.29) is 5.54 Å². The van der Waals surface area contributed by atoms with Gasteiger partial charge in [0.25, 0.3) is 0 Å². The third-order valence-corrected chi connectivity index (χ3v) is 3.11. The smallest absolute Gasteiger partial charge is 0.207 e. The van der Waals surface area contributed by atoms with Crippen LogP contribution >= 0.6 is 0 Å². The number of rotatable bonds is 2. The Morgan fingerprint density at radius 3 is 3.00 bits per heavy atom. The molecule has 0 bridgehead atoms. The summed E-state index contributed by atoms with van der Waals surface area (Å²) in [5.74, 6) is 0. The maximum atomic E-state index is 10.6. The predicted molar refractivity (Wildman–Crippen MR) is 55.9 cm³/mol. The lowest BCUT2D eigenvalue weighted by Crippen LogP contribution is -2.41. The van der Waals surface area contributed by atoms with E-state index in [1.54, 1.807) is 0 Å². The van der Waals surface area contributed by atoms with Crippen molar-refractivity contribution in [3.8, 4) is 0 Å². The molecule has 0 heterocycles. The van der Waals surface area contributed by atoms with Gasteiger partial charge in [-0.15, -0.1) is 0 Å². The van der Waals surface area contributed by atoms with Gasteiger partial charge in [0.15, 0.2) is 0 Å². The lowest BCUT2D eigenvalue weighted by Gasteiger charge is -2.35. The van der Waals surface area contributed by atoms with Crippen LogP contribution in [0.3, 0.4) is 0 Å². The summed E-state index contributed by atoms with van der Waals surface area (Å²) in [6.07, 6.45) is 4.12. The molecule has 0 saturated carbocycles. The molecule has 2 heteroatoms. The second kappa shape index (κ2) is 3.45. The molecule has 1 aromatic rings. The molecule has 2 nitrogen and oxygen atoms in total. The molecule has 1 aliphatic carbocycles. The molecule has 1 N–H and O–H groups in total. The van der Waals surface area contributed by atoms with Crippen molar-refractivity contribution < 1.29 is 4.79 Å². The number of aryl methyl sites for hydroxylation is 1. The molecular weight excluding hydrogens is 174 g/mol. The Morgan fingerprint density at radius 1 is 1.43 bits per heavy atom. The van der Waals surface area contributed by atoms with Gasteiger partial charge in [-0.2, -0.15) is 0 Å². The van der Waals surface area contributed by atoms with E-state index in [4.69, 9.17) is 0 Å². The first-order valence-corrected chi connectivity index (χ1v) is 5.06. The zero-order chi connectivity index (χ0) is 10.0. The van der Waals surface area contributed by atoms with E-state index in [0.717, 1.165) is 25.7 Å². The van der Waals surface area contributed by atoms with Crippen LogP contribution < -0.4 is 5.32 Å². The van der Waals surface area contributed by atoms with Crippen molar-refractivity contribution in [3.05, 3.63) is 35.4 Å². The van der Waals surface area contributed by atoms with E-state index in [0.29, 0.717) is 0 Å². The van der Waals surface area contributed by atoms with E-state index in [2.05, 4.69) is 30.4 Å². The number of carbonyl (C=O) groups excluding carboxylic acids is 1. The highest BCUT2D eigenvalue weighted by atomic mass is 16.1. The Morgan fingerprint density at radius 2 is 2.21 bits per heavy atom. The number of fused-ring (bicyclic) bond motifs is 1. The molecule has 0 spiro atoms. The Hall–Kier alpha value is -1.31. The Kier molecular flexibility index (Phi) is 2.28. The van der Waals surface area contributed by atoms with Gasteiger partial charge in [0.1, 0.15) is 0 Å². The number of hydrogen-bond acceptors (Lipinski definition) is 1. The summed E-state index contributed by atoms with van der Waals surface area (Å²) in [5, 5.41) is 2.94. The molecule has 1 aliphatic rings. The molecule has 1 atom stereocenters. The van der Waals surface area contributed by atoms with Gasteiger partial charge in [-0.25, -0.2) is 0 Å². The fraction of sp³-hybridized carbons (Fsp3) is 0.417. The first-order chi connectivity index (χ1) is 6.76. The molecule has 0 radical (unpaired) electrons. The first-order valence-electron chi connectivity index (χ1n) is 5.06. The molecule has 1 unspecified atom stereocenters. The van der Waals surface area contributed by atoms with Gasteiger partial charge in [0.2, 0.25) is 6.41 Å². The van der Waals surface area contributed by atoms with Gasteiger partial charge in [-0.1, -0.05) is 24.3 Å². The third kappa shape index (κ3) is 1.41. The fourth-order valence-corrected chi connectivity index (χ4v) is 2.32. The highest BCUT2D eigenvalue weighted by molar-refractivity contribution is 5.51. The molecule has 1 amide bonds. The van der Waals surface area contributed by atoms with E-state index >= 15 is 0 Å². The zero-order valence-electron chi connectivity index (χ0n) is 8.42. The lowest BCUT2D eigenvalue weighted by molar-refractivity contribution is -0.111. The summed E-state index contributed by atoms with van der Waals surface area (Å²) >= 11 is 0. The average Bonchev–Trinajstić information content (AvgIpc) is 2.19. The average molecular weight is 189 g/mol. The van der Waals surface area contributed by atoms with Crippen molar-refractivity contribution in [1.29, 1.82) is 0 Å². The van der Waals surface area contributed by atoms with Crippen LogP contribution in [0.4, 0.5) is 0 Å². The summed E-state index contributed by atoms with van der Waals surface area (Å²) < 4.78 is 0. The number of benzene rings is 1. The first kappa shape index (κ1) is 9.25. The summed E-state index contributed by atoms with van der Waals surface area (Å²) in [5.41, 5.74) is 2.49. The van der Waals surface area contributed by atoms with Crippen LogP contribution in [0.25, 0.3) is 0 Å². The van der Waals surface area contributed by atoms with Crippen LogP contribution in [0.1, 0.15) is 30.9 Å². The number of amides is 1. The Balaban J connectivity index is 2.44. The maximum absolute atomic E-state index is 10.6. The molecule has 74 valence electrons. The standard InChI is InChI=1S/C12H15NO/c1-12(13-9-14)8-4-6-10-5-2-3-7-11(10)12/h2-3,5,7,9H,4,6,8H2,1H3,(H,13,14). The van der Waals surface area contributed by atoms with E-state index in [1.165, 1.54) is 11.1 Å². The zero-order valence-corrected chi connectivity index (χ0v) is 8.42. The normalized spacial score (nSPS) is 25.2. The highest BCUT2D eigenvalue weighted by Gasteiger charge is 2.30. The van der Waals surface area contributed by atoms with Gasteiger partial charge >= 0.3 is 0 Å². The van der Waals surface area contributed by atoms with Crippen molar-refractivity contribution >= 4 is 6.41 Å². The summed E-state index contributed by atoms with van der Waals surface area (Å²) in [7, 11) is 0. The molecule has 2 rings (SSSR count). The van der Waals surface area contributed by atoms with Crippen LogP contribution in [0.2, 0.25) is 0 Å². The Labute approximate surface area is 84.3 Å². The van der Waals surface area contributed by atoms with Gasteiger partial charge < -0.3 is 5.32 Å². The van der Waals surface area contributed by atoms with Crippen LogP contribution in [0, 0.1) is 0 Å². The molecule has 0 saturated heterocycles. The van der Waals surface area contributed by atoms with Crippen molar-refractivity contribution in [2.75, 3.05) is 0 Å². The van der Waals surface area contributed by atoms with Crippen LogP contribution in [0.15, 0.2) is 24.3 Å². The second-order valence-electron chi connectivity index (χ2n) is 4.10. The number of carbonyl (C=O) groups is 1. The molecule has 0 fully saturated rings. The minimum Gasteiger partial charge on any atom is -0.349 e. The lowest BCUT2D eigenvalue weighted by atomic mass is 9.78. The predicted octanol–water partition coefficient (Wildman–Crippen LogP) is 1.98. The Bertz CT molecular complexity index is 348. The van der Waals surface area contributed by atoms with Gasteiger partial charge in [-0.05, 0) is 37.3 Å². The quantitative estimate of drug-likeness (QED) is 0.708. The van der Waals surface area contributed by atoms with E-state index in [9.17, 15) is 4.79 Å². The monoisotopic (exact) mass is 189 g/mol. The topological polar surface area (TPSA) is 29.1 Å². The van der Waals surface area contributed by atoms with Gasteiger partial charge in [0.05, 0.1) is 5.54 Å². The third-order valence-electron chi connectivity index (χ3n) is 3.11. The summed E-state index contributed by atoms with van der Waals surface area (Å²) in [4.78, 5) is 10.6. The van der Waals surface area contributed by atoms with Crippen LogP contribution in [-0.4, -0.2) is 6.41 Å². The molecule has 0 aliphatic heterocycles. The van der Waals surface area contributed by atoms with Crippen LogP contribution in [-0.2, 0) is 16.8 Å². The maximum Gasteiger partial charge on any atom is 0.207 e. The molecule has 1 aromatic carbocycles. The second-order valence-corrected chi connectivity index (χ2v) is 4.10. The SMILES string of the molecule is CC1(NC=O)CCCc2ccccc21. The summed E-state index contributed by atoms with van der Waals surface area (Å²) in [6, 6.07) is 8.37. The largest absolute Gasteiger partial charge is 0.349 e. The number of hydrogen-bond donors (Lipinski definition) is 1. The molecule has 14 heavy (non-hydrogen) atoms. The van der Waals surface area contributed by atoms with Crippen molar-refractivity contribution in [3.63, 3.8) is 0 Å². The van der Waals surface area contributed by atoms with Crippen molar-refractivity contribution in [2.45, 2.75) is 31.7 Å². The van der Waals surface area contributed by atoms with Gasteiger partial charge in [-0.3, -0.25) is 4.79 Å². The fourth-order valence-electron chi connectivity index (χ4n) is 2.32.